The zero-order chi connectivity index (χ0) is 8.27. The third-order valence-corrected chi connectivity index (χ3v) is 2.36. The molecule has 0 radical (unpaired) electrons. The molecule has 1 heterocycles. The number of hydrogen-bond donors (Lipinski definition) is 2. The van der Waals surface area contributed by atoms with Crippen LogP contribution < -0.4 is 5.32 Å². The van der Waals surface area contributed by atoms with E-state index in [-0.39, 0.29) is 6.10 Å². The predicted octanol–water partition coefficient (Wildman–Crippen LogP) is -0.339. The molecular weight excluding hydrogens is 140 g/mol. The van der Waals surface area contributed by atoms with Gasteiger partial charge in [0, 0.05) is 19.1 Å². The summed E-state index contributed by atoms with van der Waals surface area (Å²) in [6.07, 6.45) is 0.758. The first-order valence-corrected chi connectivity index (χ1v) is 4.34. The molecule has 1 aliphatic heterocycles. The largest absolute Gasteiger partial charge is 0.392 e. The lowest BCUT2D eigenvalue weighted by Crippen LogP contribution is -2.50. The number of likely N-dealkylation sites (N-methyl/N-ethyl adjacent to an activating group) is 2. The highest BCUT2D eigenvalue weighted by Crippen LogP contribution is 2.09. The van der Waals surface area contributed by atoms with E-state index in [1.165, 1.54) is 0 Å². The monoisotopic (exact) mass is 158 g/mol. The van der Waals surface area contributed by atoms with Gasteiger partial charge in [-0.25, -0.2) is 0 Å². The maximum atomic E-state index is 9.43. The molecule has 3 heteroatoms. The standard InChI is InChI=1S/C8H18N2O/c1-3-10-5-7(9-2)4-8(11)6-10/h7-9,11H,3-6H2,1-2H3. The molecule has 0 saturated carbocycles. The van der Waals surface area contributed by atoms with E-state index in [1.807, 2.05) is 7.05 Å². The Bertz CT molecular complexity index is 107. The van der Waals surface area contributed by atoms with Crippen LogP contribution in [-0.4, -0.2) is 48.8 Å². The van der Waals surface area contributed by atoms with Gasteiger partial charge in [0.15, 0.2) is 0 Å². The molecule has 0 aromatic rings. The zero-order valence-corrected chi connectivity index (χ0v) is 7.38. The lowest BCUT2D eigenvalue weighted by atomic mass is 10.0. The quantitative estimate of drug-likeness (QED) is 0.577. The van der Waals surface area contributed by atoms with E-state index < -0.39 is 0 Å². The van der Waals surface area contributed by atoms with Gasteiger partial charge in [0.25, 0.3) is 0 Å². The normalized spacial score (nSPS) is 34.1. The minimum absolute atomic E-state index is 0.138. The van der Waals surface area contributed by atoms with Gasteiger partial charge in [-0.1, -0.05) is 6.92 Å². The zero-order valence-electron chi connectivity index (χ0n) is 7.38. The summed E-state index contributed by atoms with van der Waals surface area (Å²) in [5, 5.41) is 12.6. The molecule has 3 nitrogen and oxygen atoms in total. The molecule has 0 aromatic carbocycles. The summed E-state index contributed by atoms with van der Waals surface area (Å²) in [6.45, 7) is 5.08. The summed E-state index contributed by atoms with van der Waals surface area (Å²) in [7, 11) is 1.95. The number of likely N-dealkylation sites (tertiary alicyclic amines) is 1. The van der Waals surface area contributed by atoms with Crippen molar-refractivity contribution in [1.29, 1.82) is 0 Å². The average Bonchev–Trinajstić information content (AvgIpc) is 2.03. The van der Waals surface area contributed by atoms with Gasteiger partial charge in [0.1, 0.15) is 0 Å². The minimum atomic E-state index is -0.138. The van der Waals surface area contributed by atoms with Crippen molar-refractivity contribution >= 4 is 0 Å². The van der Waals surface area contributed by atoms with E-state index >= 15 is 0 Å². The molecule has 0 aliphatic carbocycles. The topological polar surface area (TPSA) is 35.5 Å². The summed E-state index contributed by atoms with van der Waals surface area (Å²) in [6, 6.07) is 0.471. The smallest absolute Gasteiger partial charge is 0.0682 e. The second-order valence-electron chi connectivity index (χ2n) is 3.23. The Balaban J connectivity index is 2.37. The van der Waals surface area contributed by atoms with Gasteiger partial charge in [-0.2, -0.15) is 0 Å². The first kappa shape index (κ1) is 8.97. The van der Waals surface area contributed by atoms with Crippen LogP contribution in [0.25, 0.3) is 0 Å². The average molecular weight is 158 g/mol. The highest BCUT2D eigenvalue weighted by Gasteiger charge is 2.23. The molecule has 1 fully saturated rings. The van der Waals surface area contributed by atoms with Crippen LogP contribution in [0.1, 0.15) is 13.3 Å². The van der Waals surface area contributed by atoms with E-state index in [1.54, 1.807) is 0 Å². The number of nitrogens with zero attached hydrogens (tertiary/aromatic N) is 1. The number of aliphatic hydroxyl groups excluding tert-OH is 1. The van der Waals surface area contributed by atoms with Crippen LogP contribution >= 0.6 is 0 Å². The van der Waals surface area contributed by atoms with Crippen molar-refractivity contribution in [2.45, 2.75) is 25.5 Å². The second kappa shape index (κ2) is 4.04. The fourth-order valence-electron chi connectivity index (χ4n) is 1.63. The number of piperidine rings is 1. The minimum Gasteiger partial charge on any atom is -0.392 e. The van der Waals surface area contributed by atoms with Crippen LogP contribution in [0.2, 0.25) is 0 Å². The van der Waals surface area contributed by atoms with E-state index in [9.17, 15) is 5.11 Å². The molecule has 1 aliphatic rings. The van der Waals surface area contributed by atoms with Gasteiger partial charge in [0.05, 0.1) is 6.10 Å². The fourth-order valence-corrected chi connectivity index (χ4v) is 1.63. The fraction of sp³-hybridized carbons (Fsp3) is 1.00. The van der Waals surface area contributed by atoms with Crippen LogP contribution in [0.5, 0.6) is 0 Å². The maximum absolute atomic E-state index is 9.43. The summed E-state index contributed by atoms with van der Waals surface area (Å²) in [5.41, 5.74) is 0. The molecule has 11 heavy (non-hydrogen) atoms. The van der Waals surface area contributed by atoms with E-state index in [4.69, 9.17) is 0 Å². The molecule has 1 saturated heterocycles. The van der Waals surface area contributed by atoms with Crippen molar-refractivity contribution in [3.8, 4) is 0 Å². The third kappa shape index (κ3) is 2.43. The highest BCUT2D eigenvalue weighted by atomic mass is 16.3. The SMILES string of the molecule is CCN1CC(O)CC(NC)C1. The predicted molar refractivity (Wildman–Crippen MR) is 45.6 cm³/mol. The maximum Gasteiger partial charge on any atom is 0.0682 e. The van der Waals surface area contributed by atoms with Gasteiger partial charge >= 0.3 is 0 Å². The highest BCUT2D eigenvalue weighted by molar-refractivity contribution is 4.81. The molecule has 2 unspecified atom stereocenters. The lowest BCUT2D eigenvalue weighted by Gasteiger charge is -2.34. The Morgan fingerprint density at radius 3 is 2.82 bits per heavy atom. The van der Waals surface area contributed by atoms with Crippen molar-refractivity contribution < 1.29 is 5.11 Å². The van der Waals surface area contributed by atoms with Crippen molar-refractivity contribution in [2.24, 2.45) is 0 Å². The molecule has 2 atom stereocenters. The van der Waals surface area contributed by atoms with Crippen molar-refractivity contribution in [3.63, 3.8) is 0 Å². The van der Waals surface area contributed by atoms with Crippen LogP contribution in [-0.2, 0) is 0 Å². The molecule has 0 amide bonds. The molecular formula is C8H18N2O. The van der Waals surface area contributed by atoms with Crippen molar-refractivity contribution in [2.75, 3.05) is 26.7 Å². The van der Waals surface area contributed by atoms with Gasteiger partial charge in [-0.3, -0.25) is 4.90 Å². The Hall–Kier alpha value is -0.120. The summed E-state index contributed by atoms with van der Waals surface area (Å²) >= 11 is 0. The van der Waals surface area contributed by atoms with Crippen LogP contribution in [0.15, 0.2) is 0 Å². The number of nitrogens with one attached hydrogen (secondary N) is 1. The van der Waals surface area contributed by atoms with Crippen LogP contribution in [0.3, 0.4) is 0 Å². The van der Waals surface area contributed by atoms with E-state index in [0.29, 0.717) is 6.04 Å². The molecule has 0 bridgehead atoms. The summed E-state index contributed by atoms with van der Waals surface area (Å²) in [4.78, 5) is 2.27. The summed E-state index contributed by atoms with van der Waals surface area (Å²) in [5.74, 6) is 0. The number of rotatable bonds is 2. The molecule has 2 N–H and O–H groups in total. The lowest BCUT2D eigenvalue weighted by molar-refractivity contribution is 0.0565. The number of β-amino-alcohol motifs (C(OH)–C–C–N with tert-alkyl or cyclic N) is 1. The molecule has 1 rings (SSSR count). The number of aliphatic hydroxyl groups is 1. The second-order valence-corrected chi connectivity index (χ2v) is 3.23. The first-order chi connectivity index (χ1) is 5.26. The Labute approximate surface area is 68.4 Å². The van der Waals surface area contributed by atoms with Gasteiger partial charge < -0.3 is 10.4 Å². The van der Waals surface area contributed by atoms with Gasteiger partial charge in [-0.05, 0) is 20.0 Å². The molecule has 66 valence electrons. The summed E-state index contributed by atoms with van der Waals surface area (Å²) < 4.78 is 0. The molecule has 0 spiro atoms. The van der Waals surface area contributed by atoms with Crippen LogP contribution in [0, 0.1) is 0 Å². The van der Waals surface area contributed by atoms with Gasteiger partial charge in [-0.15, -0.1) is 0 Å². The van der Waals surface area contributed by atoms with E-state index in [0.717, 1.165) is 26.1 Å². The van der Waals surface area contributed by atoms with Crippen molar-refractivity contribution in [1.82, 2.24) is 10.2 Å². The third-order valence-electron chi connectivity index (χ3n) is 2.36. The molecule has 0 aromatic heterocycles. The number of hydrogen-bond acceptors (Lipinski definition) is 3. The first-order valence-electron chi connectivity index (χ1n) is 4.34. The van der Waals surface area contributed by atoms with Gasteiger partial charge in [0.2, 0.25) is 0 Å². The Kier molecular flexibility index (Phi) is 3.30. The van der Waals surface area contributed by atoms with E-state index in [2.05, 4.69) is 17.1 Å². The Morgan fingerprint density at radius 1 is 1.55 bits per heavy atom. The van der Waals surface area contributed by atoms with Crippen molar-refractivity contribution in [3.05, 3.63) is 0 Å². The van der Waals surface area contributed by atoms with Crippen LogP contribution in [0.4, 0.5) is 0 Å². The Morgan fingerprint density at radius 2 is 2.27 bits per heavy atom.